The maximum absolute atomic E-state index is 10.5. The highest BCUT2D eigenvalue weighted by atomic mass is 35.5. The molecule has 0 aliphatic rings. The first kappa shape index (κ1) is 19.8. The number of nitrogens with zero attached hydrogens (tertiary/aromatic N) is 4. The molecule has 0 fully saturated rings. The van der Waals surface area contributed by atoms with Crippen LogP contribution in [0.1, 0.15) is 6.92 Å². The maximum atomic E-state index is 10.5. The van der Waals surface area contributed by atoms with Gasteiger partial charge in [0.2, 0.25) is 11.0 Å². The minimum absolute atomic E-state index is 0.0637. The van der Waals surface area contributed by atoms with Crippen LogP contribution in [0.15, 0.2) is 24.3 Å². The van der Waals surface area contributed by atoms with Gasteiger partial charge in [-0.15, -0.1) is 0 Å². The molecule has 1 N–H and O–H groups in total. The molecule has 2 rings (SSSR count). The van der Waals surface area contributed by atoms with E-state index < -0.39 is 9.85 Å². The Bertz CT molecular complexity index is 759. The lowest BCUT2D eigenvalue weighted by Gasteiger charge is -2.02. The van der Waals surface area contributed by atoms with Gasteiger partial charge in [-0.25, -0.2) is 9.97 Å². The van der Waals surface area contributed by atoms with Crippen LogP contribution >= 0.6 is 34.8 Å². The molecular weight excluding hydrogens is 385 g/mol. The zero-order valence-corrected chi connectivity index (χ0v) is 14.3. The van der Waals surface area contributed by atoms with Gasteiger partial charge in [-0.1, -0.05) is 34.8 Å². The van der Waals surface area contributed by atoms with Gasteiger partial charge >= 0.3 is 11.4 Å². The van der Waals surface area contributed by atoms with Gasteiger partial charge in [0.15, 0.2) is 0 Å². The standard InChI is InChI=1S/C7H8ClN3O2.C5H2Cl2N2O2/c1-2-9-7-5(11(12)13)3-4-6(8)10-7;6-4-2-1-3(9(10)11)5(7)8-4/h3-4H,2H2,1H3,(H,9,10);1-2H. The van der Waals surface area contributed by atoms with E-state index in [-0.39, 0.29) is 32.7 Å². The highest BCUT2D eigenvalue weighted by Crippen LogP contribution is 2.24. The summed E-state index contributed by atoms with van der Waals surface area (Å²) >= 11 is 16.4. The van der Waals surface area contributed by atoms with E-state index in [1.165, 1.54) is 24.3 Å². The minimum atomic E-state index is -0.619. The number of aromatic nitrogens is 2. The fraction of sp³-hybridized carbons (Fsp3) is 0.167. The second-order valence-electron chi connectivity index (χ2n) is 3.99. The Morgan fingerprint density at radius 2 is 1.46 bits per heavy atom. The smallest absolute Gasteiger partial charge is 0.311 e. The van der Waals surface area contributed by atoms with Crippen LogP contribution in [0.5, 0.6) is 0 Å². The molecule has 0 aliphatic carbocycles. The molecule has 0 saturated carbocycles. The van der Waals surface area contributed by atoms with Gasteiger partial charge in [-0.3, -0.25) is 20.2 Å². The second kappa shape index (κ2) is 9.16. The number of nitrogens with one attached hydrogen (secondary N) is 1. The first-order chi connectivity index (χ1) is 11.3. The van der Waals surface area contributed by atoms with E-state index in [1.54, 1.807) is 0 Å². The van der Waals surface area contributed by atoms with Crippen molar-refractivity contribution in [1.82, 2.24) is 9.97 Å². The largest absolute Gasteiger partial charge is 0.365 e. The number of hydrogen-bond donors (Lipinski definition) is 1. The van der Waals surface area contributed by atoms with Crippen molar-refractivity contribution >= 4 is 52.0 Å². The third-order valence-corrected chi connectivity index (χ3v) is 3.07. The molecule has 2 aromatic heterocycles. The summed E-state index contributed by atoms with van der Waals surface area (Å²) in [6, 6.07) is 5.23. The zero-order chi connectivity index (χ0) is 18.3. The van der Waals surface area contributed by atoms with Crippen molar-refractivity contribution in [3.63, 3.8) is 0 Å². The zero-order valence-electron chi connectivity index (χ0n) is 12.1. The summed E-state index contributed by atoms with van der Waals surface area (Å²) in [5.41, 5.74) is -0.303. The van der Waals surface area contributed by atoms with E-state index in [0.717, 1.165) is 0 Å². The first-order valence-electron chi connectivity index (χ1n) is 6.27. The molecule has 0 unspecified atom stereocenters. The second-order valence-corrected chi connectivity index (χ2v) is 5.12. The lowest BCUT2D eigenvalue weighted by atomic mass is 10.4. The molecule has 2 aromatic rings. The summed E-state index contributed by atoms with van der Waals surface area (Å²) in [6.45, 7) is 2.39. The van der Waals surface area contributed by atoms with Crippen LogP contribution in [-0.2, 0) is 0 Å². The van der Waals surface area contributed by atoms with Crippen molar-refractivity contribution in [2.45, 2.75) is 6.92 Å². The Hall–Kier alpha value is -2.23. The Kier molecular flexibility index (Phi) is 7.56. The van der Waals surface area contributed by atoms with Crippen LogP contribution in [-0.4, -0.2) is 26.4 Å². The van der Waals surface area contributed by atoms with Crippen molar-refractivity contribution < 1.29 is 9.85 Å². The first-order valence-corrected chi connectivity index (χ1v) is 7.40. The molecule has 0 atom stereocenters. The predicted octanol–water partition coefficient (Wildman–Crippen LogP) is 4.37. The molecule has 9 nitrogen and oxygen atoms in total. The lowest BCUT2D eigenvalue weighted by molar-refractivity contribution is -0.385. The summed E-state index contributed by atoms with van der Waals surface area (Å²) in [4.78, 5) is 26.8. The van der Waals surface area contributed by atoms with E-state index in [2.05, 4.69) is 15.3 Å². The maximum Gasteiger partial charge on any atom is 0.311 e. The molecule has 0 aliphatic heterocycles. The van der Waals surface area contributed by atoms with Gasteiger partial charge in [-0.2, -0.15) is 0 Å². The monoisotopic (exact) mass is 393 g/mol. The predicted molar refractivity (Wildman–Crippen MR) is 91.0 cm³/mol. The fourth-order valence-electron chi connectivity index (χ4n) is 1.41. The highest BCUT2D eigenvalue weighted by molar-refractivity contribution is 6.33. The van der Waals surface area contributed by atoms with Gasteiger partial charge in [0.25, 0.3) is 0 Å². The molecule has 0 amide bonds. The molecule has 0 bridgehead atoms. The summed E-state index contributed by atoms with van der Waals surface area (Å²) < 4.78 is 0. The summed E-state index contributed by atoms with van der Waals surface area (Å²) in [5.74, 6) is 0.208. The van der Waals surface area contributed by atoms with E-state index in [0.29, 0.717) is 6.54 Å². The van der Waals surface area contributed by atoms with E-state index in [1.807, 2.05) is 6.92 Å². The van der Waals surface area contributed by atoms with E-state index in [4.69, 9.17) is 34.8 Å². The Morgan fingerprint density at radius 3 is 1.92 bits per heavy atom. The average Bonchev–Trinajstić information content (AvgIpc) is 2.47. The molecule has 0 spiro atoms. The van der Waals surface area contributed by atoms with Crippen LogP contribution in [0.25, 0.3) is 0 Å². The Labute approximate surface area is 150 Å². The van der Waals surface area contributed by atoms with Crippen molar-refractivity contribution in [1.29, 1.82) is 0 Å². The summed E-state index contributed by atoms with van der Waals surface area (Å²) in [7, 11) is 0. The van der Waals surface area contributed by atoms with Gasteiger partial charge in [0.1, 0.15) is 10.3 Å². The fourth-order valence-corrected chi connectivity index (χ4v) is 1.98. The molecule has 2 heterocycles. The van der Waals surface area contributed by atoms with Gasteiger partial charge in [0, 0.05) is 18.7 Å². The number of hydrogen-bond acceptors (Lipinski definition) is 7. The van der Waals surface area contributed by atoms with Gasteiger partial charge in [-0.05, 0) is 19.1 Å². The molecule has 0 saturated heterocycles. The molecular formula is C12H10Cl3N5O4. The SMILES string of the molecule is CCNc1nc(Cl)ccc1[N+](=O)[O-].O=[N+]([O-])c1ccc(Cl)nc1Cl. The van der Waals surface area contributed by atoms with Crippen molar-refractivity contribution in [2.24, 2.45) is 0 Å². The highest BCUT2D eigenvalue weighted by Gasteiger charge is 2.14. The van der Waals surface area contributed by atoms with Gasteiger partial charge in [0.05, 0.1) is 9.85 Å². The summed E-state index contributed by atoms with van der Waals surface area (Å²) in [6.07, 6.45) is 0. The van der Waals surface area contributed by atoms with Crippen LogP contribution in [0.2, 0.25) is 15.5 Å². The topological polar surface area (TPSA) is 124 Å². The lowest BCUT2D eigenvalue weighted by Crippen LogP contribution is -2.03. The average molecular weight is 395 g/mol. The molecule has 0 radical (unpaired) electrons. The summed E-state index contributed by atoms with van der Waals surface area (Å²) in [5, 5.41) is 23.6. The van der Waals surface area contributed by atoms with Crippen molar-refractivity contribution in [3.05, 3.63) is 60.0 Å². The normalized spacial score (nSPS) is 9.67. The van der Waals surface area contributed by atoms with Gasteiger partial charge < -0.3 is 5.32 Å². The number of pyridine rings is 2. The molecule has 24 heavy (non-hydrogen) atoms. The van der Waals surface area contributed by atoms with Crippen LogP contribution in [0, 0.1) is 20.2 Å². The van der Waals surface area contributed by atoms with Crippen LogP contribution in [0.4, 0.5) is 17.2 Å². The molecule has 128 valence electrons. The number of rotatable bonds is 4. The van der Waals surface area contributed by atoms with Crippen LogP contribution in [0.3, 0.4) is 0 Å². The van der Waals surface area contributed by atoms with E-state index in [9.17, 15) is 20.2 Å². The number of halogens is 3. The van der Waals surface area contributed by atoms with Crippen LogP contribution < -0.4 is 5.32 Å². The number of anilines is 1. The third kappa shape index (κ3) is 5.76. The minimum Gasteiger partial charge on any atom is -0.365 e. The number of nitro groups is 2. The van der Waals surface area contributed by atoms with Crippen molar-refractivity contribution in [3.8, 4) is 0 Å². The molecule has 12 heteroatoms. The van der Waals surface area contributed by atoms with Crippen molar-refractivity contribution in [2.75, 3.05) is 11.9 Å². The van der Waals surface area contributed by atoms with E-state index >= 15 is 0 Å². The Morgan fingerprint density at radius 1 is 0.958 bits per heavy atom. The quantitative estimate of drug-likeness (QED) is 0.463. The third-order valence-electron chi connectivity index (χ3n) is 2.37. The molecule has 0 aromatic carbocycles. The Balaban J connectivity index is 0.000000243.